The molecule has 0 saturated carbocycles. The number of carbonyl (C=O) groups is 3. The van der Waals surface area contributed by atoms with E-state index in [2.05, 4.69) is 10.6 Å². The van der Waals surface area contributed by atoms with Crippen LogP contribution < -0.4 is 15.4 Å². The van der Waals surface area contributed by atoms with Crippen molar-refractivity contribution in [3.63, 3.8) is 0 Å². The molecular weight excluding hydrogens is 372 g/mol. The molecule has 0 aliphatic heterocycles. The first-order valence-electron chi connectivity index (χ1n) is 9.20. The van der Waals surface area contributed by atoms with E-state index in [1.165, 1.54) is 6.08 Å². The van der Waals surface area contributed by atoms with Gasteiger partial charge in [0.15, 0.2) is 0 Å². The van der Waals surface area contributed by atoms with Crippen LogP contribution in [0.4, 0.5) is 0 Å². The molecule has 0 aliphatic rings. The largest absolute Gasteiger partial charge is 0.491 e. The maximum atomic E-state index is 12.5. The van der Waals surface area contributed by atoms with E-state index in [1.54, 1.807) is 54.6 Å². The van der Waals surface area contributed by atoms with E-state index in [-0.39, 0.29) is 24.8 Å². The quantitative estimate of drug-likeness (QED) is 0.566. The van der Waals surface area contributed by atoms with Gasteiger partial charge in [0, 0.05) is 12.1 Å². The fraction of sp³-hybridized carbons (Fsp3) is 0.227. The van der Waals surface area contributed by atoms with Crippen molar-refractivity contribution in [3.05, 3.63) is 71.4 Å². The maximum absolute atomic E-state index is 12.5. The zero-order chi connectivity index (χ0) is 21.2. The zero-order valence-electron chi connectivity index (χ0n) is 16.3. The van der Waals surface area contributed by atoms with Crippen molar-refractivity contribution in [3.8, 4) is 5.75 Å². The number of hydrogen-bond donors (Lipinski definition) is 3. The molecule has 0 fully saturated rings. The Bertz CT molecular complexity index is 874. The molecule has 0 spiro atoms. The van der Waals surface area contributed by atoms with Crippen molar-refractivity contribution >= 4 is 23.9 Å². The molecule has 0 aromatic heterocycles. The number of aliphatic carboxylic acids is 1. The highest BCUT2D eigenvalue weighted by Gasteiger charge is 2.15. The minimum atomic E-state index is -1.02. The van der Waals surface area contributed by atoms with E-state index in [0.29, 0.717) is 16.9 Å². The van der Waals surface area contributed by atoms with E-state index < -0.39 is 17.8 Å². The summed E-state index contributed by atoms with van der Waals surface area (Å²) in [5.74, 6) is -1.34. The van der Waals surface area contributed by atoms with Crippen LogP contribution in [-0.4, -0.2) is 35.5 Å². The molecule has 0 aliphatic carbocycles. The minimum absolute atomic E-state index is 0.0155. The second-order valence-electron chi connectivity index (χ2n) is 6.51. The third-order valence-electron chi connectivity index (χ3n) is 3.72. The molecular formula is C22H24N2O5. The lowest BCUT2D eigenvalue weighted by Gasteiger charge is -2.12. The molecule has 3 N–H and O–H groups in total. The van der Waals surface area contributed by atoms with Gasteiger partial charge in [0.25, 0.3) is 11.8 Å². The first-order valence-corrected chi connectivity index (χ1v) is 9.20. The number of benzene rings is 2. The smallest absolute Gasteiger partial charge is 0.305 e. The number of hydrogen-bond acceptors (Lipinski definition) is 4. The van der Waals surface area contributed by atoms with Crippen LogP contribution in [0.15, 0.2) is 60.3 Å². The molecule has 2 rings (SSSR count). The molecule has 0 radical (unpaired) electrons. The van der Waals surface area contributed by atoms with Crippen LogP contribution in [0, 0.1) is 0 Å². The van der Waals surface area contributed by atoms with Crippen LogP contribution in [0.3, 0.4) is 0 Å². The Morgan fingerprint density at radius 1 is 1.03 bits per heavy atom. The van der Waals surface area contributed by atoms with Gasteiger partial charge in [-0.15, -0.1) is 0 Å². The van der Waals surface area contributed by atoms with Crippen molar-refractivity contribution < 1.29 is 24.2 Å². The molecule has 0 saturated heterocycles. The van der Waals surface area contributed by atoms with Crippen molar-refractivity contribution in [2.75, 3.05) is 6.54 Å². The Labute approximate surface area is 169 Å². The first kappa shape index (κ1) is 21.7. The minimum Gasteiger partial charge on any atom is -0.491 e. The third-order valence-corrected chi connectivity index (χ3v) is 3.72. The lowest BCUT2D eigenvalue weighted by Crippen LogP contribution is -2.35. The molecule has 7 heteroatoms. The number of amides is 2. The summed E-state index contributed by atoms with van der Waals surface area (Å²) < 4.78 is 5.59. The van der Waals surface area contributed by atoms with Gasteiger partial charge in [-0.05, 0) is 49.8 Å². The highest BCUT2D eigenvalue weighted by molar-refractivity contribution is 6.05. The molecule has 7 nitrogen and oxygen atoms in total. The van der Waals surface area contributed by atoms with Gasteiger partial charge in [-0.25, -0.2) is 0 Å². The van der Waals surface area contributed by atoms with E-state index in [1.807, 2.05) is 13.8 Å². The monoisotopic (exact) mass is 396 g/mol. The number of carbonyl (C=O) groups excluding carboxylic acids is 2. The zero-order valence-corrected chi connectivity index (χ0v) is 16.3. The average molecular weight is 396 g/mol. The highest BCUT2D eigenvalue weighted by Crippen LogP contribution is 2.16. The topological polar surface area (TPSA) is 105 Å². The summed E-state index contributed by atoms with van der Waals surface area (Å²) in [6, 6.07) is 15.5. The van der Waals surface area contributed by atoms with E-state index in [0.717, 1.165) is 0 Å². The molecule has 152 valence electrons. The predicted molar refractivity (Wildman–Crippen MR) is 109 cm³/mol. The van der Waals surface area contributed by atoms with Crippen molar-refractivity contribution in [1.82, 2.24) is 10.6 Å². The third kappa shape index (κ3) is 7.50. The Balaban J connectivity index is 2.20. The Kier molecular flexibility index (Phi) is 7.97. The fourth-order valence-corrected chi connectivity index (χ4v) is 2.40. The standard InChI is InChI=1S/C22H24N2O5/c1-15(2)29-18-10-8-16(9-11-18)14-19(22(28)23-13-12-20(25)26)24-21(27)17-6-4-3-5-7-17/h3-11,14-15H,12-13H2,1-2H3,(H,23,28)(H,24,27)(H,25,26)/b19-14-. The molecule has 0 heterocycles. The van der Waals surface area contributed by atoms with Crippen LogP contribution >= 0.6 is 0 Å². The average Bonchev–Trinajstić information content (AvgIpc) is 2.68. The summed E-state index contributed by atoms with van der Waals surface area (Å²) in [6.07, 6.45) is 1.35. The van der Waals surface area contributed by atoms with Crippen LogP contribution in [0.25, 0.3) is 6.08 Å². The van der Waals surface area contributed by atoms with Crippen molar-refractivity contribution in [2.45, 2.75) is 26.4 Å². The number of ether oxygens (including phenoxy) is 1. The number of nitrogens with one attached hydrogen (secondary N) is 2. The van der Waals surface area contributed by atoms with E-state index in [4.69, 9.17) is 9.84 Å². The Morgan fingerprint density at radius 3 is 2.28 bits per heavy atom. The van der Waals surface area contributed by atoms with Gasteiger partial charge in [0.05, 0.1) is 12.5 Å². The van der Waals surface area contributed by atoms with Gasteiger partial charge in [0.1, 0.15) is 11.4 Å². The van der Waals surface area contributed by atoms with Crippen LogP contribution in [0.1, 0.15) is 36.2 Å². The van der Waals surface area contributed by atoms with Crippen LogP contribution in [-0.2, 0) is 9.59 Å². The first-order chi connectivity index (χ1) is 13.8. The maximum Gasteiger partial charge on any atom is 0.305 e. The van der Waals surface area contributed by atoms with Gasteiger partial charge < -0.3 is 20.5 Å². The summed E-state index contributed by atoms with van der Waals surface area (Å²) >= 11 is 0. The molecule has 0 bridgehead atoms. The Hall–Kier alpha value is -3.61. The van der Waals surface area contributed by atoms with Gasteiger partial charge in [-0.2, -0.15) is 0 Å². The number of carboxylic acids is 1. The molecule has 0 unspecified atom stereocenters. The number of carboxylic acid groups (broad SMARTS) is 1. The summed E-state index contributed by atoms with van der Waals surface area (Å²) in [5, 5.41) is 13.8. The summed E-state index contributed by atoms with van der Waals surface area (Å²) in [7, 11) is 0. The second kappa shape index (κ2) is 10.7. The van der Waals surface area contributed by atoms with Crippen molar-refractivity contribution in [1.29, 1.82) is 0 Å². The highest BCUT2D eigenvalue weighted by atomic mass is 16.5. The van der Waals surface area contributed by atoms with Gasteiger partial charge in [0.2, 0.25) is 0 Å². The summed E-state index contributed by atoms with van der Waals surface area (Å²) in [5.41, 5.74) is 1.09. The molecule has 2 amide bonds. The molecule has 2 aromatic rings. The van der Waals surface area contributed by atoms with Gasteiger partial charge >= 0.3 is 5.97 Å². The fourth-order valence-electron chi connectivity index (χ4n) is 2.40. The molecule has 2 aromatic carbocycles. The SMILES string of the molecule is CC(C)Oc1ccc(/C=C(\NC(=O)c2ccccc2)C(=O)NCCC(=O)O)cc1. The van der Waals surface area contributed by atoms with Crippen molar-refractivity contribution in [2.24, 2.45) is 0 Å². The Morgan fingerprint density at radius 2 is 1.69 bits per heavy atom. The lowest BCUT2D eigenvalue weighted by molar-refractivity contribution is -0.136. The predicted octanol–water partition coefficient (Wildman–Crippen LogP) is 2.84. The lowest BCUT2D eigenvalue weighted by atomic mass is 10.1. The normalized spacial score (nSPS) is 11.1. The molecule has 0 atom stereocenters. The van der Waals surface area contributed by atoms with E-state index in [9.17, 15) is 14.4 Å². The summed E-state index contributed by atoms with van der Waals surface area (Å²) in [6.45, 7) is 3.80. The number of rotatable bonds is 9. The van der Waals surface area contributed by atoms with Gasteiger partial charge in [-0.1, -0.05) is 30.3 Å². The van der Waals surface area contributed by atoms with E-state index >= 15 is 0 Å². The summed E-state index contributed by atoms with van der Waals surface area (Å²) in [4.78, 5) is 35.6. The van der Waals surface area contributed by atoms with Crippen LogP contribution in [0.2, 0.25) is 0 Å². The molecule has 29 heavy (non-hydrogen) atoms. The second-order valence-corrected chi connectivity index (χ2v) is 6.51. The van der Waals surface area contributed by atoms with Gasteiger partial charge in [-0.3, -0.25) is 14.4 Å². The van der Waals surface area contributed by atoms with Crippen LogP contribution in [0.5, 0.6) is 5.75 Å².